The molecule has 10 heterocycles. The number of aromatic amines is 2. The highest BCUT2D eigenvalue weighted by molar-refractivity contribution is 7.16. The van der Waals surface area contributed by atoms with E-state index in [9.17, 15) is 9.59 Å². The van der Waals surface area contributed by atoms with Crippen molar-refractivity contribution in [2.24, 2.45) is 0 Å². The summed E-state index contributed by atoms with van der Waals surface area (Å²) < 4.78 is 17.5. The van der Waals surface area contributed by atoms with Gasteiger partial charge in [-0.25, -0.2) is 15.0 Å². The van der Waals surface area contributed by atoms with E-state index in [1.54, 1.807) is 36.1 Å². The second-order valence-electron chi connectivity index (χ2n) is 26.8. The number of fused-ring (bicyclic) bond motifs is 7. The van der Waals surface area contributed by atoms with Crippen molar-refractivity contribution in [3.05, 3.63) is 226 Å². The van der Waals surface area contributed by atoms with E-state index in [-0.39, 0.29) is 18.4 Å². The number of carbonyl (C=O) groups excluding carboxylic acids is 2. The van der Waals surface area contributed by atoms with Crippen LogP contribution in [-0.2, 0) is 16.0 Å². The lowest BCUT2D eigenvalue weighted by molar-refractivity contribution is -0.118. The van der Waals surface area contributed by atoms with Crippen LogP contribution >= 0.6 is 11.3 Å². The maximum atomic E-state index is 11.1. The summed E-state index contributed by atoms with van der Waals surface area (Å²) in [5.41, 5.74) is 20.0. The second kappa shape index (κ2) is 35.9. The molecule has 0 radical (unpaired) electrons. The van der Waals surface area contributed by atoms with E-state index in [2.05, 4.69) is 239 Å². The normalized spacial score (nSPS) is 12.5. The number of H-pyrrole nitrogens is 2. The fourth-order valence-corrected chi connectivity index (χ4v) is 10.9. The van der Waals surface area contributed by atoms with Gasteiger partial charge in [-0.15, -0.1) is 11.3 Å². The number of nitrogens with zero attached hydrogens (tertiary/aromatic N) is 7. The Morgan fingerprint density at radius 2 is 0.949 bits per heavy atom. The Morgan fingerprint density at radius 1 is 0.408 bits per heavy atom. The monoisotopic (exact) mass is 1340 g/mol. The first kappa shape index (κ1) is 73.9. The first-order chi connectivity index (χ1) is 47.0. The Kier molecular flexibility index (Phi) is 27.1. The molecule has 0 atom stereocenters. The third-order valence-corrected chi connectivity index (χ3v) is 17.4. The van der Waals surface area contributed by atoms with Gasteiger partial charge in [0.25, 0.3) is 5.91 Å². The van der Waals surface area contributed by atoms with Crippen molar-refractivity contribution >= 4 is 77.8 Å². The largest absolute Gasteiger partial charge is 0.486 e. The number of ether oxygens (including phenoxy) is 3. The molecule has 0 saturated carbocycles. The summed E-state index contributed by atoms with van der Waals surface area (Å²) in [5, 5.41) is 14.6. The standard InChI is InChI=1S/C11H12N2.C11H13NO2.C11H13NO.C11H14O2.C10H12N2.C10H11NS.C9H11N3.C8H11N/c1-8(2)9-3-4-10-11(7-9)13-6-5-12-10;1-7(2)8-3-4-9-10(5-8)14-6-11(13)12-9;1-7(2)8-3-4-10-9(5-8)6-11(13)12-10;1-8(2)9-3-4-10-11(7-9)13-6-5-12-10;1-7(2)9-5-8-3-4-11-10(8)12-6-9;1-7(2)8-3-4-10-9(5-8)11-6-12-10;1-6(2)7-3-8-5-11-12-9(8)10-4-7;1-7(2)8-4-3-5-9-6-8/h3-8H,1-2H3;3-5,7H,6H2,1-2H3,(H,12,13);3-5,7H,6H2,1-2H3,(H,12,13);3-4,7-8H,5-6H2,1-2H3;3-7H,1-2H3,(H,11,12);3-7H,1-2H3;3-6H,1-2H3,(H,10,11,12);3-7H,1-2H3. The summed E-state index contributed by atoms with van der Waals surface area (Å²) >= 11 is 1.70. The zero-order valence-corrected chi connectivity index (χ0v) is 60.6. The van der Waals surface area contributed by atoms with Gasteiger partial charge in [0.05, 0.1) is 45.1 Å². The third kappa shape index (κ3) is 21.6. The molecule has 16 nitrogen and oxygen atoms in total. The van der Waals surface area contributed by atoms with Gasteiger partial charge in [0.1, 0.15) is 24.6 Å². The van der Waals surface area contributed by atoms with Crippen LogP contribution < -0.4 is 24.8 Å². The number of hydrogen-bond donors (Lipinski definition) is 4. The van der Waals surface area contributed by atoms with Crippen molar-refractivity contribution in [3.63, 3.8) is 0 Å². The average Bonchev–Trinajstić information content (AvgIpc) is 1.85. The second-order valence-corrected chi connectivity index (χ2v) is 27.7. The third-order valence-electron chi connectivity index (χ3n) is 16.6. The van der Waals surface area contributed by atoms with Crippen molar-refractivity contribution in [2.75, 3.05) is 30.5 Å². The minimum atomic E-state index is -0.0882. The number of rotatable bonds is 8. The van der Waals surface area contributed by atoms with Gasteiger partial charge in [-0.3, -0.25) is 29.6 Å². The van der Waals surface area contributed by atoms with Crippen LogP contribution in [0.2, 0.25) is 0 Å². The van der Waals surface area contributed by atoms with Crippen molar-refractivity contribution in [1.82, 2.24) is 45.1 Å². The number of thiazole rings is 1. The molecule has 98 heavy (non-hydrogen) atoms. The van der Waals surface area contributed by atoms with E-state index in [0.29, 0.717) is 67.0 Å². The van der Waals surface area contributed by atoms with Crippen LogP contribution in [-0.4, -0.2) is 76.7 Å². The molecule has 3 aliphatic heterocycles. The Bertz CT molecular complexity index is 4310. The highest BCUT2D eigenvalue weighted by atomic mass is 32.1. The zero-order valence-electron chi connectivity index (χ0n) is 59.8. The number of anilines is 2. The number of carbonyl (C=O) groups is 2. The topological polar surface area (TPSA) is 208 Å². The molecule has 2 amide bonds. The molecule has 3 aliphatic rings. The van der Waals surface area contributed by atoms with Gasteiger partial charge in [0, 0.05) is 59.8 Å². The quantitative estimate of drug-likeness (QED) is 0.112. The lowest BCUT2D eigenvalue weighted by atomic mass is 10.00. The fourth-order valence-electron chi connectivity index (χ4n) is 10.2. The number of pyridine rings is 3. The Balaban J connectivity index is 0.000000143. The van der Waals surface area contributed by atoms with E-state index >= 15 is 0 Å². The minimum absolute atomic E-state index is 0.0882. The van der Waals surface area contributed by atoms with Crippen LogP contribution in [0.3, 0.4) is 0 Å². The molecular formula is C81H97N11O5S. The molecule has 17 heteroatoms. The zero-order chi connectivity index (χ0) is 70.4. The van der Waals surface area contributed by atoms with Crippen LogP contribution in [0, 0.1) is 0 Å². The van der Waals surface area contributed by atoms with Crippen LogP contribution in [0.5, 0.6) is 17.2 Å². The van der Waals surface area contributed by atoms with Gasteiger partial charge < -0.3 is 29.8 Å². The molecular weight excluding hydrogens is 1240 g/mol. The van der Waals surface area contributed by atoms with Gasteiger partial charge in [-0.1, -0.05) is 153 Å². The highest BCUT2D eigenvalue weighted by Gasteiger charge is 2.19. The number of benzene rings is 5. The van der Waals surface area contributed by atoms with Gasteiger partial charge in [-0.05, 0) is 176 Å². The van der Waals surface area contributed by atoms with E-state index in [4.69, 9.17) is 14.2 Å². The molecule has 12 aromatic rings. The first-order valence-electron chi connectivity index (χ1n) is 34.0. The highest BCUT2D eigenvalue weighted by Crippen LogP contribution is 2.34. The minimum Gasteiger partial charge on any atom is -0.486 e. The summed E-state index contributed by atoms with van der Waals surface area (Å²) in [6, 6.07) is 41.4. The Labute approximate surface area is 582 Å². The van der Waals surface area contributed by atoms with Crippen molar-refractivity contribution < 1.29 is 23.8 Å². The number of amides is 2. The molecule has 15 rings (SSSR count). The predicted molar refractivity (Wildman–Crippen MR) is 403 cm³/mol. The number of hydrogen-bond acceptors (Lipinski definition) is 13. The maximum absolute atomic E-state index is 11.1. The van der Waals surface area contributed by atoms with Crippen LogP contribution in [0.25, 0.3) is 43.3 Å². The molecule has 4 N–H and O–H groups in total. The summed E-state index contributed by atoms with van der Waals surface area (Å²) in [5.74, 6) is 6.91. The maximum Gasteiger partial charge on any atom is 0.262 e. The van der Waals surface area contributed by atoms with E-state index in [1.807, 2.05) is 78.8 Å². The van der Waals surface area contributed by atoms with Crippen LogP contribution in [0.15, 0.2) is 176 Å². The van der Waals surface area contributed by atoms with E-state index in [0.717, 1.165) is 67.4 Å². The molecule has 0 fully saturated rings. The van der Waals surface area contributed by atoms with Gasteiger partial charge in [0.15, 0.2) is 23.8 Å². The van der Waals surface area contributed by atoms with Crippen LogP contribution in [0.4, 0.5) is 11.4 Å². The van der Waals surface area contributed by atoms with Crippen molar-refractivity contribution in [1.29, 1.82) is 0 Å². The number of nitrogens with one attached hydrogen (secondary N) is 4. The Morgan fingerprint density at radius 3 is 1.58 bits per heavy atom. The molecule has 512 valence electrons. The molecule has 5 aromatic carbocycles. The number of aromatic nitrogens is 9. The molecule has 0 unspecified atom stereocenters. The molecule has 0 saturated heterocycles. The summed E-state index contributed by atoms with van der Waals surface area (Å²) in [6.07, 6.45) is 15.2. The lowest BCUT2D eigenvalue weighted by Gasteiger charge is -2.19. The smallest absolute Gasteiger partial charge is 0.262 e. The Hall–Kier alpha value is -9.87. The molecule has 7 aromatic heterocycles. The molecule has 0 spiro atoms. The molecule has 0 bridgehead atoms. The van der Waals surface area contributed by atoms with E-state index in [1.165, 1.54) is 54.6 Å². The summed E-state index contributed by atoms with van der Waals surface area (Å²) in [4.78, 5) is 50.5. The van der Waals surface area contributed by atoms with Gasteiger partial charge >= 0.3 is 0 Å². The predicted octanol–water partition coefficient (Wildman–Crippen LogP) is 20.2. The van der Waals surface area contributed by atoms with Crippen molar-refractivity contribution in [3.8, 4) is 17.2 Å². The first-order valence-corrected chi connectivity index (χ1v) is 34.9. The van der Waals surface area contributed by atoms with Gasteiger partial charge in [-0.2, -0.15) is 5.10 Å². The van der Waals surface area contributed by atoms with Crippen LogP contribution in [0.1, 0.15) is 208 Å². The van der Waals surface area contributed by atoms with Crippen molar-refractivity contribution in [2.45, 2.75) is 165 Å². The van der Waals surface area contributed by atoms with E-state index < -0.39 is 0 Å². The summed E-state index contributed by atoms with van der Waals surface area (Å²) in [6.45, 7) is 36.1. The summed E-state index contributed by atoms with van der Waals surface area (Å²) in [7, 11) is 0. The SMILES string of the molecule is CC(C)c1ccc2c(c1)CC(=O)N2.CC(C)c1ccc2c(c1)OCC(=O)N2.CC(C)c1ccc2c(c1)OCCO2.CC(C)c1ccc2nccnc2c1.CC(C)c1ccc2scnc2c1.CC(C)c1cccnc1.CC(C)c1cnc2[nH]ccc2c1.CC(C)c1cnc2[nH]ncc2c1. The fraction of sp³-hybridized carbons (Fsp3) is 0.346. The van der Waals surface area contributed by atoms with Gasteiger partial charge in [0.2, 0.25) is 5.91 Å². The molecule has 0 aliphatic carbocycles. The lowest BCUT2D eigenvalue weighted by Crippen LogP contribution is -2.25. The average molecular weight is 1340 g/mol.